The minimum Gasteiger partial charge on any atom is -0.493 e. The van der Waals surface area contributed by atoms with Gasteiger partial charge in [-0.25, -0.2) is 4.79 Å². The molecule has 0 aromatic heterocycles. The van der Waals surface area contributed by atoms with Crippen LogP contribution in [0.4, 0.5) is 5.69 Å². The smallest absolute Gasteiger partial charge is 0.335 e. The van der Waals surface area contributed by atoms with E-state index in [0.29, 0.717) is 30.2 Å². The van der Waals surface area contributed by atoms with E-state index >= 15 is 0 Å². The Hall–Kier alpha value is -2.86. The van der Waals surface area contributed by atoms with Crippen molar-refractivity contribution in [1.82, 2.24) is 0 Å². The zero-order valence-electron chi connectivity index (χ0n) is 15.7. The van der Waals surface area contributed by atoms with Gasteiger partial charge < -0.3 is 19.9 Å². The maximum Gasteiger partial charge on any atom is 0.335 e. The lowest BCUT2D eigenvalue weighted by molar-refractivity contribution is -0.116. The Balaban J connectivity index is 1.46. The Bertz CT molecular complexity index is 797. The van der Waals surface area contributed by atoms with Crippen molar-refractivity contribution in [3.63, 3.8) is 0 Å². The summed E-state index contributed by atoms with van der Waals surface area (Å²) in [6, 6.07) is 14.0. The molecule has 1 amide bonds. The van der Waals surface area contributed by atoms with Gasteiger partial charge in [-0.15, -0.1) is 0 Å². The van der Waals surface area contributed by atoms with Gasteiger partial charge in [0, 0.05) is 25.3 Å². The zero-order chi connectivity index (χ0) is 19.8. The summed E-state index contributed by atoms with van der Waals surface area (Å²) in [5, 5.41) is 12.0. The second-order valence-electron chi connectivity index (χ2n) is 6.90. The predicted molar refractivity (Wildman–Crippen MR) is 106 cm³/mol. The lowest BCUT2D eigenvalue weighted by atomic mass is 10.0. The van der Waals surface area contributed by atoms with E-state index in [1.807, 2.05) is 24.3 Å². The van der Waals surface area contributed by atoms with Gasteiger partial charge in [-0.3, -0.25) is 4.79 Å². The second-order valence-corrected chi connectivity index (χ2v) is 6.90. The van der Waals surface area contributed by atoms with Gasteiger partial charge in [0.05, 0.1) is 12.2 Å². The number of carboxylic acid groups (broad SMARTS) is 1. The largest absolute Gasteiger partial charge is 0.493 e. The third-order valence-electron chi connectivity index (χ3n) is 4.83. The highest BCUT2D eigenvalue weighted by Crippen LogP contribution is 2.20. The maximum absolute atomic E-state index is 12.2. The first-order valence-electron chi connectivity index (χ1n) is 9.53. The molecular formula is C22H25NO5. The number of amides is 1. The van der Waals surface area contributed by atoms with Crippen molar-refractivity contribution < 1.29 is 24.2 Å². The van der Waals surface area contributed by atoms with Crippen LogP contribution in [0.15, 0.2) is 48.5 Å². The normalized spacial score (nSPS) is 14.4. The van der Waals surface area contributed by atoms with E-state index in [0.717, 1.165) is 31.8 Å². The number of anilines is 1. The monoisotopic (exact) mass is 383 g/mol. The molecule has 1 fully saturated rings. The Morgan fingerprint density at radius 3 is 2.50 bits per heavy atom. The van der Waals surface area contributed by atoms with Crippen molar-refractivity contribution in [3.8, 4) is 5.75 Å². The Morgan fingerprint density at radius 2 is 1.79 bits per heavy atom. The van der Waals surface area contributed by atoms with Gasteiger partial charge in [0.25, 0.3) is 0 Å². The highest BCUT2D eigenvalue weighted by Gasteiger charge is 2.14. The van der Waals surface area contributed by atoms with E-state index in [2.05, 4.69) is 5.32 Å². The SMILES string of the molecule is O=C(CCc1ccccc1C(=O)O)Nc1ccc(OCC2CCOCC2)cc1. The topological polar surface area (TPSA) is 84.9 Å². The molecule has 0 bridgehead atoms. The van der Waals surface area contributed by atoms with E-state index in [1.165, 1.54) is 0 Å². The number of nitrogens with one attached hydrogen (secondary N) is 1. The number of ether oxygens (including phenoxy) is 2. The second kappa shape index (κ2) is 9.90. The number of carbonyl (C=O) groups is 2. The van der Waals surface area contributed by atoms with Crippen LogP contribution in [0.1, 0.15) is 35.2 Å². The van der Waals surface area contributed by atoms with Gasteiger partial charge in [0.15, 0.2) is 0 Å². The highest BCUT2D eigenvalue weighted by atomic mass is 16.5. The van der Waals surface area contributed by atoms with E-state index in [-0.39, 0.29) is 17.9 Å². The molecule has 148 valence electrons. The highest BCUT2D eigenvalue weighted by molar-refractivity contribution is 5.92. The molecule has 1 aliphatic heterocycles. The van der Waals surface area contributed by atoms with Crippen molar-refractivity contribution >= 4 is 17.6 Å². The van der Waals surface area contributed by atoms with Gasteiger partial charge in [-0.05, 0) is 61.1 Å². The molecule has 0 aliphatic carbocycles. The molecule has 0 radical (unpaired) electrons. The van der Waals surface area contributed by atoms with E-state index in [9.17, 15) is 14.7 Å². The van der Waals surface area contributed by atoms with Crippen molar-refractivity contribution in [1.29, 1.82) is 0 Å². The summed E-state index contributed by atoms with van der Waals surface area (Å²) in [5.74, 6) is 0.171. The first-order valence-corrected chi connectivity index (χ1v) is 9.53. The third kappa shape index (κ3) is 5.82. The predicted octanol–water partition coefficient (Wildman–Crippen LogP) is 3.76. The summed E-state index contributed by atoms with van der Waals surface area (Å²) >= 11 is 0. The number of rotatable bonds is 8. The van der Waals surface area contributed by atoms with Crippen molar-refractivity contribution in [3.05, 3.63) is 59.7 Å². The number of aryl methyl sites for hydroxylation is 1. The molecule has 3 rings (SSSR count). The number of hydrogen-bond donors (Lipinski definition) is 2. The van der Waals surface area contributed by atoms with E-state index in [1.54, 1.807) is 24.3 Å². The molecule has 2 aromatic rings. The summed E-state index contributed by atoms with van der Waals surface area (Å²) in [6.45, 7) is 2.28. The number of carbonyl (C=O) groups excluding carboxylic acids is 1. The molecule has 6 nitrogen and oxygen atoms in total. The van der Waals surface area contributed by atoms with Crippen LogP contribution in [0.2, 0.25) is 0 Å². The summed E-state index contributed by atoms with van der Waals surface area (Å²) < 4.78 is 11.2. The minimum atomic E-state index is -0.979. The average Bonchev–Trinajstić information content (AvgIpc) is 2.72. The maximum atomic E-state index is 12.2. The molecule has 1 aliphatic rings. The first kappa shape index (κ1) is 19.9. The van der Waals surface area contributed by atoms with Gasteiger partial charge in [0.1, 0.15) is 5.75 Å². The molecule has 0 saturated carbocycles. The molecule has 1 saturated heterocycles. The quantitative estimate of drug-likeness (QED) is 0.725. The van der Waals surface area contributed by atoms with Crippen LogP contribution in [0.3, 0.4) is 0 Å². The summed E-state index contributed by atoms with van der Waals surface area (Å²) in [4.78, 5) is 23.4. The molecule has 0 spiro atoms. The molecule has 0 atom stereocenters. The van der Waals surface area contributed by atoms with Crippen LogP contribution in [0, 0.1) is 5.92 Å². The summed E-state index contributed by atoms with van der Waals surface area (Å²) in [5.41, 5.74) is 1.58. The van der Waals surface area contributed by atoms with E-state index in [4.69, 9.17) is 9.47 Å². The molecular weight excluding hydrogens is 358 g/mol. The number of carboxylic acids is 1. The molecule has 2 aromatic carbocycles. The Morgan fingerprint density at radius 1 is 1.07 bits per heavy atom. The minimum absolute atomic E-state index is 0.156. The van der Waals surface area contributed by atoms with Crippen LogP contribution in [0.25, 0.3) is 0 Å². The summed E-state index contributed by atoms with van der Waals surface area (Å²) in [6.07, 6.45) is 2.64. The standard InChI is InChI=1S/C22H25NO5/c24-21(10-5-17-3-1-2-4-20(17)22(25)26)23-18-6-8-19(9-7-18)28-15-16-11-13-27-14-12-16/h1-4,6-9,16H,5,10-15H2,(H,23,24)(H,25,26). The fourth-order valence-electron chi connectivity index (χ4n) is 3.18. The number of benzene rings is 2. The first-order chi connectivity index (χ1) is 13.6. The van der Waals surface area contributed by atoms with Crippen LogP contribution < -0.4 is 10.1 Å². The molecule has 6 heteroatoms. The number of aromatic carboxylic acids is 1. The van der Waals surface area contributed by atoms with Crippen molar-refractivity contribution in [2.24, 2.45) is 5.92 Å². The summed E-state index contributed by atoms with van der Waals surface area (Å²) in [7, 11) is 0. The lowest BCUT2D eigenvalue weighted by Crippen LogP contribution is -2.21. The molecule has 1 heterocycles. The zero-order valence-corrected chi connectivity index (χ0v) is 15.7. The van der Waals surface area contributed by atoms with Crippen LogP contribution in [0.5, 0.6) is 5.75 Å². The molecule has 2 N–H and O–H groups in total. The Labute approximate surface area is 164 Å². The third-order valence-corrected chi connectivity index (χ3v) is 4.83. The van der Waals surface area contributed by atoms with Crippen molar-refractivity contribution in [2.45, 2.75) is 25.7 Å². The fraction of sp³-hybridized carbons (Fsp3) is 0.364. The van der Waals surface area contributed by atoms with Gasteiger partial charge in [-0.2, -0.15) is 0 Å². The molecule has 28 heavy (non-hydrogen) atoms. The van der Waals surface area contributed by atoms with Crippen LogP contribution >= 0.6 is 0 Å². The molecule has 0 unspecified atom stereocenters. The van der Waals surface area contributed by atoms with Crippen molar-refractivity contribution in [2.75, 3.05) is 25.1 Å². The lowest BCUT2D eigenvalue weighted by Gasteiger charge is -2.22. The van der Waals surface area contributed by atoms with Gasteiger partial charge in [0.2, 0.25) is 5.91 Å². The van der Waals surface area contributed by atoms with Crippen LogP contribution in [-0.4, -0.2) is 36.8 Å². The average molecular weight is 383 g/mol. The Kier molecular flexibility index (Phi) is 7.03. The van der Waals surface area contributed by atoms with Gasteiger partial charge in [-0.1, -0.05) is 18.2 Å². The van der Waals surface area contributed by atoms with E-state index < -0.39 is 5.97 Å². The van der Waals surface area contributed by atoms with Crippen LogP contribution in [-0.2, 0) is 16.0 Å². The van der Waals surface area contributed by atoms with Gasteiger partial charge >= 0.3 is 5.97 Å². The fourth-order valence-corrected chi connectivity index (χ4v) is 3.18. The number of hydrogen-bond acceptors (Lipinski definition) is 4.